The molecule has 1 aromatic carbocycles. The van der Waals surface area contributed by atoms with Crippen molar-refractivity contribution in [3.8, 4) is 11.5 Å². The van der Waals surface area contributed by atoms with Crippen LogP contribution in [0.4, 0.5) is 5.69 Å². The Morgan fingerprint density at radius 3 is 2.56 bits per heavy atom. The standard InChI is InChI=1S/C18H19NO5S/c1-9-4-5-15(25-9)11-8-12(11)17(20)19-13-6-10(18(21)22)7-14(23-2)16(13)24-3/h4-7,11-12H,8H2,1-3H3,(H,19,20)(H,21,22)/t11-,12-/m0/s1. The minimum atomic E-state index is -1.10. The number of aryl methyl sites for hydroxylation is 1. The van der Waals surface area contributed by atoms with E-state index in [9.17, 15) is 14.7 Å². The highest BCUT2D eigenvalue weighted by Gasteiger charge is 2.45. The molecule has 132 valence electrons. The van der Waals surface area contributed by atoms with E-state index in [2.05, 4.69) is 17.4 Å². The lowest BCUT2D eigenvalue weighted by Crippen LogP contribution is -2.16. The highest BCUT2D eigenvalue weighted by molar-refractivity contribution is 7.12. The lowest BCUT2D eigenvalue weighted by molar-refractivity contribution is -0.117. The number of methoxy groups -OCH3 is 2. The van der Waals surface area contributed by atoms with E-state index >= 15 is 0 Å². The molecular weight excluding hydrogens is 342 g/mol. The van der Waals surface area contributed by atoms with Crippen molar-refractivity contribution in [2.45, 2.75) is 19.3 Å². The number of anilines is 1. The summed E-state index contributed by atoms with van der Waals surface area (Å²) >= 11 is 1.70. The number of carbonyl (C=O) groups is 2. The van der Waals surface area contributed by atoms with Crippen LogP contribution in [-0.2, 0) is 4.79 Å². The number of hydrogen-bond acceptors (Lipinski definition) is 5. The average Bonchev–Trinajstić information content (AvgIpc) is 3.28. The zero-order chi connectivity index (χ0) is 18.1. The summed E-state index contributed by atoms with van der Waals surface area (Å²) < 4.78 is 10.5. The van der Waals surface area contributed by atoms with Gasteiger partial charge >= 0.3 is 5.97 Å². The van der Waals surface area contributed by atoms with Crippen LogP contribution in [0.3, 0.4) is 0 Å². The number of carboxylic acids is 1. The topological polar surface area (TPSA) is 84.9 Å². The summed E-state index contributed by atoms with van der Waals surface area (Å²) in [4.78, 5) is 26.3. The fourth-order valence-corrected chi connectivity index (χ4v) is 3.91. The molecule has 1 aliphatic rings. The van der Waals surface area contributed by atoms with Gasteiger partial charge in [0.25, 0.3) is 0 Å². The fourth-order valence-electron chi connectivity index (χ4n) is 2.86. The van der Waals surface area contributed by atoms with Crippen LogP contribution in [-0.4, -0.2) is 31.2 Å². The number of aromatic carboxylic acids is 1. The number of hydrogen-bond donors (Lipinski definition) is 2. The highest BCUT2D eigenvalue weighted by atomic mass is 32.1. The van der Waals surface area contributed by atoms with Gasteiger partial charge in [-0.25, -0.2) is 4.79 Å². The zero-order valence-corrected chi connectivity index (χ0v) is 15.0. The van der Waals surface area contributed by atoms with Gasteiger partial charge in [0, 0.05) is 21.6 Å². The molecule has 0 aliphatic heterocycles. The predicted molar refractivity (Wildman–Crippen MR) is 95.0 cm³/mol. The third kappa shape index (κ3) is 3.46. The smallest absolute Gasteiger partial charge is 0.335 e. The molecule has 0 spiro atoms. The maximum atomic E-state index is 12.6. The van der Waals surface area contributed by atoms with Crippen molar-refractivity contribution in [1.82, 2.24) is 0 Å². The summed E-state index contributed by atoms with van der Waals surface area (Å²) in [5, 5.41) is 12.0. The molecule has 3 rings (SSSR count). The van der Waals surface area contributed by atoms with Gasteiger partial charge in [-0.2, -0.15) is 0 Å². The van der Waals surface area contributed by atoms with Gasteiger partial charge in [-0.1, -0.05) is 0 Å². The van der Waals surface area contributed by atoms with Crippen molar-refractivity contribution >= 4 is 28.9 Å². The number of ether oxygens (including phenoxy) is 2. The summed E-state index contributed by atoms with van der Waals surface area (Å²) in [7, 11) is 2.87. The molecule has 7 heteroatoms. The van der Waals surface area contributed by atoms with Crippen molar-refractivity contribution in [3.05, 3.63) is 39.6 Å². The van der Waals surface area contributed by atoms with Crippen LogP contribution in [0, 0.1) is 12.8 Å². The number of carboxylic acid groups (broad SMARTS) is 1. The Bertz CT molecular complexity index is 829. The van der Waals surface area contributed by atoms with Crippen LogP contribution in [0.15, 0.2) is 24.3 Å². The zero-order valence-electron chi connectivity index (χ0n) is 14.2. The maximum Gasteiger partial charge on any atom is 0.335 e. The lowest BCUT2D eigenvalue weighted by Gasteiger charge is -2.14. The van der Waals surface area contributed by atoms with Gasteiger partial charge in [0.15, 0.2) is 11.5 Å². The molecule has 1 aliphatic carbocycles. The lowest BCUT2D eigenvalue weighted by atomic mass is 10.1. The molecule has 25 heavy (non-hydrogen) atoms. The van der Waals surface area contributed by atoms with E-state index in [-0.39, 0.29) is 29.1 Å². The Labute approximate surface area is 149 Å². The second-order valence-electron chi connectivity index (χ2n) is 5.95. The molecule has 1 fully saturated rings. The van der Waals surface area contributed by atoms with Crippen LogP contribution < -0.4 is 14.8 Å². The molecule has 6 nitrogen and oxygen atoms in total. The molecule has 1 heterocycles. The van der Waals surface area contributed by atoms with Gasteiger partial charge in [-0.15, -0.1) is 11.3 Å². The average molecular weight is 361 g/mol. The monoisotopic (exact) mass is 361 g/mol. The molecule has 0 bridgehead atoms. The number of nitrogens with one attached hydrogen (secondary N) is 1. The Hall–Kier alpha value is -2.54. The van der Waals surface area contributed by atoms with Crippen molar-refractivity contribution in [2.24, 2.45) is 5.92 Å². The van der Waals surface area contributed by atoms with E-state index in [0.29, 0.717) is 11.4 Å². The number of carbonyl (C=O) groups excluding carboxylic acids is 1. The molecule has 0 radical (unpaired) electrons. The van der Waals surface area contributed by atoms with Crippen molar-refractivity contribution in [2.75, 3.05) is 19.5 Å². The fraction of sp³-hybridized carbons (Fsp3) is 0.333. The Balaban J connectivity index is 1.81. The first kappa shape index (κ1) is 17.3. The van der Waals surface area contributed by atoms with Gasteiger partial charge in [0.2, 0.25) is 5.91 Å². The second-order valence-corrected chi connectivity index (χ2v) is 7.27. The van der Waals surface area contributed by atoms with Gasteiger partial charge in [0.1, 0.15) is 0 Å². The summed E-state index contributed by atoms with van der Waals surface area (Å²) in [6, 6.07) is 6.86. The van der Waals surface area contributed by atoms with E-state index in [1.54, 1.807) is 11.3 Å². The molecule has 1 saturated carbocycles. The minimum absolute atomic E-state index is 0.0224. The number of amides is 1. The van der Waals surface area contributed by atoms with E-state index in [1.807, 2.05) is 6.92 Å². The first-order chi connectivity index (χ1) is 11.9. The number of benzene rings is 1. The second kappa shape index (κ2) is 6.76. The molecule has 2 aromatic rings. The normalized spacial score (nSPS) is 18.5. The Morgan fingerprint density at radius 1 is 1.24 bits per heavy atom. The highest BCUT2D eigenvalue weighted by Crippen LogP contribution is 2.50. The summed E-state index contributed by atoms with van der Waals surface area (Å²) in [6.07, 6.45) is 0.795. The van der Waals surface area contributed by atoms with Crippen LogP contribution in [0.2, 0.25) is 0 Å². The van der Waals surface area contributed by atoms with Crippen LogP contribution in [0.1, 0.15) is 32.5 Å². The molecule has 0 unspecified atom stereocenters. The first-order valence-corrected chi connectivity index (χ1v) is 8.62. The molecule has 1 amide bonds. The summed E-state index contributed by atoms with van der Waals surface area (Å²) in [5.41, 5.74) is 0.325. The largest absolute Gasteiger partial charge is 0.493 e. The summed E-state index contributed by atoms with van der Waals surface area (Å²) in [6.45, 7) is 2.04. The van der Waals surface area contributed by atoms with Crippen LogP contribution >= 0.6 is 11.3 Å². The first-order valence-electron chi connectivity index (χ1n) is 7.81. The number of thiophene rings is 1. The van der Waals surface area contributed by atoms with Gasteiger partial charge in [-0.05, 0) is 37.6 Å². The quantitative estimate of drug-likeness (QED) is 0.822. The molecule has 1 aromatic heterocycles. The predicted octanol–water partition coefficient (Wildman–Crippen LogP) is 3.51. The SMILES string of the molecule is COc1cc(C(=O)O)cc(NC(=O)[C@H]2C[C@@H]2c2ccc(C)s2)c1OC. The molecule has 2 N–H and O–H groups in total. The molecule has 0 saturated heterocycles. The van der Waals surface area contributed by atoms with E-state index < -0.39 is 5.97 Å². The Kier molecular flexibility index (Phi) is 4.67. The third-order valence-electron chi connectivity index (χ3n) is 4.24. The van der Waals surface area contributed by atoms with Crippen molar-refractivity contribution in [3.63, 3.8) is 0 Å². The Morgan fingerprint density at radius 2 is 2.00 bits per heavy atom. The van der Waals surface area contributed by atoms with Gasteiger partial charge in [0.05, 0.1) is 25.5 Å². The van der Waals surface area contributed by atoms with E-state index in [4.69, 9.17) is 9.47 Å². The van der Waals surface area contributed by atoms with E-state index in [1.165, 1.54) is 36.1 Å². The molecule has 2 atom stereocenters. The minimum Gasteiger partial charge on any atom is -0.493 e. The maximum absolute atomic E-state index is 12.6. The molecular formula is C18H19NO5S. The number of rotatable bonds is 6. The van der Waals surface area contributed by atoms with Gasteiger partial charge in [-0.3, -0.25) is 4.79 Å². The van der Waals surface area contributed by atoms with Crippen LogP contribution in [0.25, 0.3) is 0 Å². The van der Waals surface area contributed by atoms with Crippen molar-refractivity contribution in [1.29, 1.82) is 0 Å². The van der Waals surface area contributed by atoms with Crippen molar-refractivity contribution < 1.29 is 24.2 Å². The van der Waals surface area contributed by atoms with Crippen LogP contribution in [0.5, 0.6) is 11.5 Å². The summed E-state index contributed by atoms with van der Waals surface area (Å²) in [5.74, 6) is -0.547. The van der Waals surface area contributed by atoms with Gasteiger partial charge < -0.3 is 19.9 Å². The third-order valence-corrected chi connectivity index (χ3v) is 5.37. The van der Waals surface area contributed by atoms with E-state index in [0.717, 1.165) is 6.42 Å².